The Balaban J connectivity index is 1.90. The molecule has 8 nitrogen and oxygen atoms in total. The molecule has 0 aromatic carbocycles. The van der Waals surface area contributed by atoms with E-state index in [0.717, 1.165) is 0 Å². The van der Waals surface area contributed by atoms with Crippen LogP contribution in [-0.4, -0.2) is 56.6 Å². The minimum atomic E-state index is -0.737. The van der Waals surface area contributed by atoms with Crippen molar-refractivity contribution >= 4 is 12.2 Å². The van der Waals surface area contributed by atoms with Gasteiger partial charge in [0.25, 0.3) is 0 Å². The number of aliphatic hydroxyl groups is 3. The molecule has 1 fully saturated rings. The van der Waals surface area contributed by atoms with Crippen molar-refractivity contribution in [1.82, 2.24) is 14.9 Å². The quantitative estimate of drug-likeness (QED) is 0.537. The molecule has 104 valence electrons. The number of aromatic nitrogens is 2. The molecular formula is C11H16N4O4. The van der Waals surface area contributed by atoms with Gasteiger partial charge in [-0.05, 0) is 0 Å². The maximum Gasteiger partial charge on any atom is 0.162 e. The van der Waals surface area contributed by atoms with Crippen LogP contribution < -0.4 is 5.32 Å². The van der Waals surface area contributed by atoms with Gasteiger partial charge in [-0.1, -0.05) is 0 Å². The van der Waals surface area contributed by atoms with Gasteiger partial charge in [0.05, 0.1) is 25.4 Å². The number of ether oxygens (including phenoxy) is 1. The first-order valence-electron chi connectivity index (χ1n) is 6.15. The highest BCUT2D eigenvalue weighted by molar-refractivity contribution is 5.62. The van der Waals surface area contributed by atoms with Gasteiger partial charge in [0.2, 0.25) is 0 Å². The van der Waals surface area contributed by atoms with Crippen molar-refractivity contribution in [3.63, 3.8) is 0 Å². The van der Waals surface area contributed by atoms with Gasteiger partial charge in [-0.15, -0.1) is 0 Å². The molecule has 19 heavy (non-hydrogen) atoms. The summed E-state index contributed by atoms with van der Waals surface area (Å²) in [6.07, 6.45) is 0.902. The number of fused-ring (bicyclic) bond motifs is 1. The zero-order chi connectivity index (χ0) is 13.4. The van der Waals surface area contributed by atoms with E-state index in [1.807, 2.05) is 0 Å². The van der Waals surface area contributed by atoms with Crippen LogP contribution in [0.5, 0.6) is 0 Å². The van der Waals surface area contributed by atoms with Crippen molar-refractivity contribution < 1.29 is 20.1 Å². The Morgan fingerprint density at radius 2 is 2.32 bits per heavy atom. The van der Waals surface area contributed by atoms with E-state index < -0.39 is 24.5 Å². The fourth-order valence-electron chi connectivity index (χ4n) is 2.37. The molecule has 2 aliphatic heterocycles. The summed E-state index contributed by atoms with van der Waals surface area (Å²) in [5, 5.41) is 31.6. The molecule has 0 radical (unpaired) electrons. The highest BCUT2D eigenvalue weighted by Crippen LogP contribution is 2.35. The molecule has 0 saturated carbocycles. The second-order valence-electron chi connectivity index (χ2n) is 4.66. The van der Waals surface area contributed by atoms with Crippen molar-refractivity contribution in [3.8, 4) is 0 Å². The van der Waals surface area contributed by atoms with Gasteiger partial charge in [0, 0.05) is 13.0 Å². The number of aliphatic hydroxyl groups excluding tert-OH is 3. The Bertz CT molecular complexity index is 489. The minimum Gasteiger partial charge on any atom is -0.394 e. The van der Waals surface area contributed by atoms with Gasteiger partial charge in [-0.25, -0.2) is 9.98 Å². The van der Waals surface area contributed by atoms with Gasteiger partial charge in [-0.3, -0.25) is 4.57 Å². The third kappa shape index (κ3) is 2.12. The molecular weight excluding hydrogens is 252 g/mol. The van der Waals surface area contributed by atoms with E-state index in [9.17, 15) is 10.2 Å². The maximum atomic E-state index is 9.90. The van der Waals surface area contributed by atoms with Crippen molar-refractivity contribution in [2.75, 3.05) is 13.2 Å². The monoisotopic (exact) mass is 268 g/mol. The van der Waals surface area contributed by atoms with Crippen LogP contribution in [-0.2, 0) is 4.74 Å². The van der Waals surface area contributed by atoms with Crippen LogP contribution >= 0.6 is 0 Å². The topological polar surface area (TPSA) is 112 Å². The second kappa shape index (κ2) is 4.89. The van der Waals surface area contributed by atoms with Crippen LogP contribution in [0.25, 0.3) is 0 Å². The molecule has 0 bridgehead atoms. The number of β-amino-alcohol motifs (C(OH)–C–C–N with tert-alkyl or cyclic N) is 1. The second-order valence-corrected chi connectivity index (χ2v) is 4.66. The van der Waals surface area contributed by atoms with Crippen LogP contribution in [0.3, 0.4) is 0 Å². The first-order chi connectivity index (χ1) is 9.20. The fourth-order valence-corrected chi connectivity index (χ4v) is 2.37. The predicted molar refractivity (Wildman–Crippen MR) is 65.0 cm³/mol. The molecule has 2 unspecified atom stereocenters. The van der Waals surface area contributed by atoms with E-state index in [2.05, 4.69) is 15.3 Å². The molecule has 2 aliphatic rings. The summed E-state index contributed by atoms with van der Waals surface area (Å²) in [7, 11) is 0. The minimum absolute atomic E-state index is 0.234. The molecule has 3 heterocycles. The number of nitrogens with zero attached hydrogens (tertiary/aromatic N) is 3. The van der Waals surface area contributed by atoms with Gasteiger partial charge in [0.1, 0.15) is 24.1 Å². The summed E-state index contributed by atoms with van der Waals surface area (Å²) in [4.78, 5) is 8.35. The van der Waals surface area contributed by atoms with Crippen molar-refractivity contribution in [3.05, 3.63) is 12.0 Å². The Morgan fingerprint density at radius 1 is 1.47 bits per heavy atom. The first kappa shape index (κ1) is 12.5. The van der Waals surface area contributed by atoms with Crippen LogP contribution in [0.4, 0.5) is 5.82 Å². The van der Waals surface area contributed by atoms with E-state index >= 15 is 0 Å². The molecule has 1 aromatic rings. The standard InChI is InChI=1S/C11H16N4O4/c16-3-8-6(17)1-9(19-8)15-5-14-10-7(18)2-12-4-13-11(10)15/h4-9,16-18H,1-3H2,(H,12,13)/t6?,7-,8-,9?/m1/s1. The Kier molecular flexibility index (Phi) is 3.23. The van der Waals surface area contributed by atoms with Crippen molar-refractivity contribution in [2.45, 2.75) is 31.0 Å². The van der Waals surface area contributed by atoms with Crippen molar-refractivity contribution in [1.29, 1.82) is 0 Å². The third-order valence-electron chi connectivity index (χ3n) is 3.39. The molecule has 1 aromatic heterocycles. The fraction of sp³-hybridized carbons (Fsp3) is 0.636. The highest BCUT2D eigenvalue weighted by Gasteiger charge is 2.36. The van der Waals surface area contributed by atoms with Gasteiger partial charge < -0.3 is 25.4 Å². The SMILES string of the molecule is OC[C@H]1OC(n2cnc3c2N=CNC[C@H]3O)CC1O. The molecule has 1 saturated heterocycles. The smallest absolute Gasteiger partial charge is 0.162 e. The maximum absolute atomic E-state index is 9.90. The summed E-state index contributed by atoms with van der Waals surface area (Å²) in [5.74, 6) is 0.508. The predicted octanol–water partition coefficient (Wildman–Crippen LogP) is -1.18. The molecule has 0 aliphatic carbocycles. The summed E-state index contributed by atoms with van der Waals surface area (Å²) in [5.41, 5.74) is 0.479. The van der Waals surface area contributed by atoms with Gasteiger partial charge in [-0.2, -0.15) is 0 Å². The zero-order valence-corrected chi connectivity index (χ0v) is 10.2. The molecule has 4 atom stereocenters. The molecule has 4 N–H and O–H groups in total. The lowest BCUT2D eigenvalue weighted by molar-refractivity contribution is -0.0438. The summed E-state index contributed by atoms with van der Waals surface area (Å²) in [6, 6.07) is 0. The molecule has 3 rings (SSSR count). The average molecular weight is 268 g/mol. The van der Waals surface area contributed by atoms with Crippen LogP contribution in [0.2, 0.25) is 0 Å². The normalized spacial score (nSPS) is 33.8. The number of hydrogen-bond donors (Lipinski definition) is 4. The lowest BCUT2D eigenvalue weighted by atomic mass is 10.2. The van der Waals surface area contributed by atoms with Gasteiger partial charge in [0.15, 0.2) is 5.82 Å². The van der Waals surface area contributed by atoms with Gasteiger partial charge >= 0.3 is 0 Å². The van der Waals surface area contributed by atoms with Crippen molar-refractivity contribution in [2.24, 2.45) is 4.99 Å². The zero-order valence-electron chi connectivity index (χ0n) is 10.2. The van der Waals surface area contributed by atoms with E-state index in [0.29, 0.717) is 24.5 Å². The summed E-state index contributed by atoms with van der Waals surface area (Å²) >= 11 is 0. The Labute approximate surface area is 109 Å². The number of hydrogen-bond acceptors (Lipinski definition) is 7. The lowest BCUT2D eigenvalue weighted by Crippen LogP contribution is -2.24. The first-order valence-corrected chi connectivity index (χ1v) is 6.15. The number of rotatable bonds is 2. The average Bonchev–Trinajstić information content (AvgIpc) is 2.93. The van der Waals surface area contributed by atoms with E-state index in [1.54, 1.807) is 4.57 Å². The highest BCUT2D eigenvalue weighted by atomic mass is 16.5. The lowest BCUT2D eigenvalue weighted by Gasteiger charge is -2.14. The number of aliphatic imine (C=N–C) groups is 1. The van der Waals surface area contributed by atoms with Crippen LogP contribution in [0.15, 0.2) is 11.3 Å². The summed E-state index contributed by atoms with van der Waals surface area (Å²) in [6.45, 7) is 0.114. The van der Waals surface area contributed by atoms with E-state index in [4.69, 9.17) is 9.84 Å². The van der Waals surface area contributed by atoms with Crippen LogP contribution in [0, 0.1) is 0 Å². The van der Waals surface area contributed by atoms with E-state index in [1.165, 1.54) is 12.7 Å². The molecule has 0 amide bonds. The Hall–Kier alpha value is -1.48. The number of imidazole rings is 1. The number of nitrogens with one attached hydrogen (secondary N) is 1. The van der Waals surface area contributed by atoms with E-state index in [-0.39, 0.29) is 6.61 Å². The summed E-state index contributed by atoms with van der Waals surface area (Å²) < 4.78 is 7.22. The van der Waals surface area contributed by atoms with Crippen LogP contribution in [0.1, 0.15) is 24.4 Å². The molecule has 0 spiro atoms. The Morgan fingerprint density at radius 3 is 3.05 bits per heavy atom. The largest absolute Gasteiger partial charge is 0.394 e. The third-order valence-corrected chi connectivity index (χ3v) is 3.39. The molecule has 8 heteroatoms.